The van der Waals surface area contributed by atoms with Crippen molar-refractivity contribution in [3.05, 3.63) is 12.7 Å². The van der Waals surface area contributed by atoms with Crippen LogP contribution in [-0.2, 0) is 19.2 Å². The van der Waals surface area contributed by atoms with Gasteiger partial charge >= 0.3 is 5.97 Å². The number of allylic oxidation sites excluding steroid dienone is 1. The van der Waals surface area contributed by atoms with Crippen molar-refractivity contribution in [1.82, 2.24) is 5.06 Å². The van der Waals surface area contributed by atoms with Gasteiger partial charge in [0.25, 0.3) is 11.8 Å². The van der Waals surface area contributed by atoms with Crippen LogP contribution in [0.15, 0.2) is 12.7 Å². The Kier molecular flexibility index (Phi) is 4.87. The molecular weight excluding hydrogens is 222 g/mol. The van der Waals surface area contributed by atoms with Crippen molar-refractivity contribution in [2.24, 2.45) is 5.92 Å². The lowest BCUT2D eigenvalue weighted by Crippen LogP contribution is -2.32. The standard InChI is InChI=1S/C12H17NO4/c1-3-4-9(2)5-8-12(16)17-13-10(14)6-7-11(13)15/h3,9H,1,4-8H2,2H3. The van der Waals surface area contributed by atoms with Gasteiger partial charge in [-0.2, -0.15) is 0 Å². The lowest BCUT2D eigenvalue weighted by molar-refractivity contribution is -0.197. The Morgan fingerprint density at radius 3 is 2.59 bits per heavy atom. The van der Waals surface area contributed by atoms with Gasteiger partial charge in [0.15, 0.2) is 0 Å². The molecule has 1 rings (SSSR count). The van der Waals surface area contributed by atoms with E-state index in [-0.39, 0.29) is 19.3 Å². The van der Waals surface area contributed by atoms with Crippen molar-refractivity contribution in [2.75, 3.05) is 0 Å². The van der Waals surface area contributed by atoms with Crippen molar-refractivity contribution in [3.8, 4) is 0 Å². The zero-order valence-corrected chi connectivity index (χ0v) is 9.98. The highest BCUT2D eigenvalue weighted by Crippen LogP contribution is 2.15. The first-order chi connectivity index (χ1) is 8.04. The Morgan fingerprint density at radius 1 is 1.47 bits per heavy atom. The van der Waals surface area contributed by atoms with Gasteiger partial charge < -0.3 is 4.84 Å². The molecule has 0 N–H and O–H groups in total. The average Bonchev–Trinajstić information content (AvgIpc) is 2.58. The van der Waals surface area contributed by atoms with E-state index in [2.05, 4.69) is 6.58 Å². The van der Waals surface area contributed by atoms with Gasteiger partial charge in [0.05, 0.1) is 0 Å². The van der Waals surface area contributed by atoms with Crippen LogP contribution in [-0.4, -0.2) is 22.8 Å². The van der Waals surface area contributed by atoms with E-state index >= 15 is 0 Å². The molecule has 0 aliphatic carbocycles. The molecule has 5 nitrogen and oxygen atoms in total. The van der Waals surface area contributed by atoms with Crippen molar-refractivity contribution in [1.29, 1.82) is 0 Å². The number of carbonyl (C=O) groups excluding carboxylic acids is 3. The monoisotopic (exact) mass is 239 g/mol. The Bertz CT molecular complexity index is 321. The lowest BCUT2D eigenvalue weighted by Gasteiger charge is -2.13. The van der Waals surface area contributed by atoms with Crippen LogP contribution in [0.3, 0.4) is 0 Å². The maximum absolute atomic E-state index is 11.4. The van der Waals surface area contributed by atoms with Gasteiger partial charge in [-0.1, -0.05) is 13.0 Å². The molecule has 0 spiro atoms. The molecule has 1 saturated heterocycles. The van der Waals surface area contributed by atoms with E-state index in [0.717, 1.165) is 6.42 Å². The topological polar surface area (TPSA) is 63.7 Å². The van der Waals surface area contributed by atoms with E-state index in [9.17, 15) is 14.4 Å². The lowest BCUT2D eigenvalue weighted by atomic mass is 10.0. The fraction of sp³-hybridized carbons (Fsp3) is 0.583. The molecule has 1 heterocycles. The summed E-state index contributed by atoms with van der Waals surface area (Å²) in [4.78, 5) is 38.5. The molecule has 1 atom stereocenters. The zero-order chi connectivity index (χ0) is 12.8. The maximum Gasteiger partial charge on any atom is 0.333 e. The number of nitrogens with zero attached hydrogens (tertiary/aromatic N) is 1. The Hall–Kier alpha value is -1.65. The van der Waals surface area contributed by atoms with Crippen LogP contribution in [0.4, 0.5) is 0 Å². The minimum atomic E-state index is -0.537. The van der Waals surface area contributed by atoms with Crippen LogP contribution < -0.4 is 0 Å². The Morgan fingerprint density at radius 2 is 2.06 bits per heavy atom. The smallest absolute Gasteiger partial charge is 0.330 e. The summed E-state index contributed by atoms with van der Waals surface area (Å²) in [6, 6.07) is 0. The summed E-state index contributed by atoms with van der Waals surface area (Å²) in [7, 11) is 0. The Balaban J connectivity index is 2.32. The number of amides is 2. The molecule has 5 heteroatoms. The molecule has 17 heavy (non-hydrogen) atoms. The molecule has 0 aromatic carbocycles. The van der Waals surface area contributed by atoms with Gasteiger partial charge in [0.2, 0.25) is 0 Å². The maximum atomic E-state index is 11.4. The molecule has 94 valence electrons. The highest BCUT2D eigenvalue weighted by molar-refractivity contribution is 6.01. The molecule has 1 fully saturated rings. The number of carbonyl (C=O) groups is 3. The van der Waals surface area contributed by atoms with Gasteiger partial charge in [-0.15, -0.1) is 11.6 Å². The second-order valence-electron chi connectivity index (χ2n) is 4.21. The molecule has 0 saturated carbocycles. The Labute approximate surface area is 100 Å². The summed E-state index contributed by atoms with van der Waals surface area (Å²) >= 11 is 0. The quantitative estimate of drug-likeness (QED) is 0.521. The average molecular weight is 239 g/mol. The van der Waals surface area contributed by atoms with E-state index in [0.29, 0.717) is 17.4 Å². The summed E-state index contributed by atoms with van der Waals surface area (Å²) < 4.78 is 0. The van der Waals surface area contributed by atoms with Crippen molar-refractivity contribution in [2.45, 2.75) is 39.0 Å². The predicted molar refractivity (Wildman–Crippen MR) is 60.4 cm³/mol. The molecule has 1 aliphatic heterocycles. The van der Waals surface area contributed by atoms with E-state index in [1.165, 1.54) is 0 Å². The van der Waals surface area contributed by atoms with Gasteiger partial charge in [0.1, 0.15) is 0 Å². The fourth-order valence-electron chi connectivity index (χ4n) is 1.57. The molecule has 2 amide bonds. The number of rotatable bonds is 6. The van der Waals surface area contributed by atoms with E-state index in [4.69, 9.17) is 4.84 Å². The van der Waals surface area contributed by atoms with Crippen LogP contribution in [0.2, 0.25) is 0 Å². The predicted octanol–water partition coefficient (Wildman–Crippen LogP) is 1.59. The van der Waals surface area contributed by atoms with E-state index < -0.39 is 17.8 Å². The van der Waals surface area contributed by atoms with Crippen LogP contribution >= 0.6 is 0 Å². The summed E-state index contributed by atoms with van der Waals surface area (Å²) in [6.07, 6.45) is 3.73. The minimum Gasteiger partial charge on any atom is -0.330 e. The van der Waals surface area contributed by atoms with Crippen LogP contribution in [0.5, 0.6) is 0 Å². The first-order valence-electron chi connectivity index (χ1n) is 5.72. The van der Waals surface area contributed by atoms with Gasteiger partial charge in [0, 0.05) is 19.3 Å². The number of hydroxylamine groups is 2. The van der Waals surface area contributed by atoms with E-state index in [1.807, 2.05) is 6.92 Å². The van der Waals surface area contributed by atoms with Gasteiger partial charge in [-0.05, 0) is 18.8 Å². The summed E-state index contributed by atoms with van der Waals surface area (Å²) in [6.45, 7) is 5.62. The largest absolute Gasteiger partial charge is 0.333 e. The third-order valence-electron chi connectivity index (χ3n) is 2.61. The van der Waals surface area contributed by atoms with Crippen molar-refractivity contribution >= 4 is 17.8 Å². The molecule has 1 unspecified atom stereocenters. The first kappa shape index (κ1) is 13.4. The fourth-order valence-corrected chi connectivity index (χ4v) is 1.57. The molecular formula is C12H17NO4. The highest BCUT2D eigenvalue weighted by atomic mass is 16.7. The van der Waals surface area contributed by atoms with E-state index in [1.54, 1.807) is 6.08 Å². The summed E-state index contributed by atoms with van der Waals surface area (Å²) in [5.41, 5.74) is 0. The second kappa shape index (κ2) is 6.18. The minimum absolute atomic E-state index is 0.124. The molecule has 1 aliphatic rings. The molecule has 0 aromatic rings. The molecule has 0 aromatic heterocycles. The van der Waals surface area contributed by atoms with Gasteiger partial charge in [-0.25, -0.2) is 4.79 Å². The van der Waals surface area contributed by atoms with Crippen LogP contribution in [0.25, 0.3) is 0 Å². The molecule has 0 radical (unpaired) electrons. The van der Waals surface area contributed by atoms with Crippen molar-refractivity contribution < 1.29 is 19.2 Å². The number of hydrogen-bond donors (Lipinski definition) is 0. The normalized spacial score (nSPS) is 17.1. The third-order valence-corrected chi connectivity index (χ3v) is 2.61. The molecule has 0 bridgehead atoms. The van der Waals surface area contributed by atoms with Crippen LogP contribution in [0, 0.1) is 5.92 Å². The number of imide groups is 1. The van der Waals surface area contributed by atoms with Crippen molar-refractivity contribution in [3.63, 3.8) is 0 Å². The van der Waals surface area contributed by atoms with Gasteiger partial charge in [-0.3, -0.25) is 9.59 Å². The summed E-state index contributed by atoms with van der Waals surface area (Å²) in [5, 5.41) is 0.584. The first-order valence-corrected chi connectivity index (χ1v) is 5.72. The highest BCUT2D eigenvalue weighted by Gasteiger charge is 2.32. The number of hydrogen-bond acceptors (Lipinski definition) is 4. The third kappa shape index (κ3) is 4.01. The second-order valence-corrected chi connectivity index (χ2v) is 4.21. The SMILES string of the molecule is C=CCC(C)CCC(=O)ON1C(=O)CCC1=O. The van der Waals surface area contributed by atoms with Crippen LogP contribution in [0.1, 0.15) is 39.0 Å². The zero-order valence-electron chi connectivity index (χ0n) is 9.98. The summed E-state index contributed by atoms with van der Waals surface area (Å²) in [5.74, 6) is -1.08.